The van der Waals surface area contributed by atoms with E-state index in [1.54, 1.807) is 12.1 Å². The highest BCUT2D eigenvalue weighted by atomic mass is 32.5. The van der Waals surface area contributed by atoms with E-state index in [1.807, 2.05) is 19.1 Å². The standard InChI is InChI=1S/C15H25O3PS/c1-3-4-5-6-7-8-13-17-19(16,20)18-15-11-9-14(2)10-12-15/h9-12H,3-8,13H2,1-2H3,(H,16,20). The molecular weight excluding hydrogens is 291 g/mol. The number of hydrogen-bond donors (Lipinski definition) is 1. The molecule has 5 heteroatoms. The molecule has 1 aromatic carbocycles. The van der Waals surface area contributed by atoms with Crippen LogP contribution in [0.5, 0.6) is 5.75 Å². The van der Waals surface area contributed by atoms with E-state index in [4.69, 9.17) is 20.9 Å². The van der Waals surface area contributed by atoms with Gasteiger partial charge in [0.05, 0.1) is 6.61 Å². The fraction of sp³-hybridized carbons (Fsp3) is 0.600. The lowest BCUT2D eigenvalue weighted by Gasteiger charge is -2.16. The zero-order valence-electron chi connectivity index (χ0n) is 12.4. The molecule has 1 N–H and O–H groups in total. The molecule has 0 aliphatic carbocycles. The van der Waals surface area contributed by atoms with Gasteiger partial charge in [-0.05, 0) is 25.5 Å². The van der Waals surface area contributed by atoms with Crippen molar-refractivity contribution in [3.05, 3.63) is 29.8 Å². The Bertz CT molecular complexity index is 420. The van der Waals surface area contributed by atoms with Crippen molar-refractivity contribution in [3.8, 4) is 5.75 Å². The topological polar surface area (TPSA) is 38.7 Å². The van der Waals surface area contributed by atoms with Crippen LogP contribution in [-0.4, -0.2) is 11.5 Å². The molecule has 1 aromatic rings. The predicted molar refractivity (Wildman–Crippen MR) is 87.6 cm³/mol. The summed E-state index contributed by atoms with van der Waals surface area (Å²) in [7, 11) is 0. The van der Waals surface area contributed by atoms with Gasteiger partial charge in [0.2, 0.25) is 0 Å². The Kier molecular flexibility index (Phi) is 8.39. The third-order valence-electron chi connectivity index (χ3n) is 2.99. The fourth-order valence-corrected chi connectivity index (χ4v) is 3.10. The van der Waals surface area contributed by atoms with Gasteiger partial charge in [-0.15, -0.1) is 0 Å². The summed E-state index contributed by atoms with van der Waals surface area (Å²) in [5.41, 5.74) is 1.14. The van der Waals surface area contributed by atoms with Gasteiger partial charge in [-0.3, -0.25) is 4.52 Å². The molecule has 0 aliphatic rings. The second-order valence-electron chi connectivity index (χ2n) is 4.97. The first-order chi connectivity index (χ1) is 9.53. The zero-order chi connectivity index (χ0) is 14.8. The summed E-state index contributed by atoms with van der Waals surface area (Å²) in [6.45, 7) is 1.50. The fourth-order valence-electron chi connectivity index (χ4n) is 1.82. The Balaban J connectivity index is 2.21. The molecule has 1 atom stereocenters. The van der Waals surface area contributed by atoms with Crippen LogP contribution in [0.3, 0.4) is 0 Å². The van der Waals surface area contributed by atoms with Gasteiger partial charge in [0, 0.05) is 11.8 Å². The van der Waals surface area contributed by atoms with E-state index in [1.165, 1.54) is 25.7 Å². The second-order valence-corrected chi connectivity index (χ2v) is 7.74. The average molecular weight is 316 g/mol. The number of unbranched alkanes of at least 4 members (excludes halogenated alkanes) is 5. The van der Waals surface area contributed by atoms with Crippen LogP contribution >= 0.6 is 6.72 Å². The third kappa shape index (κ3) is 8.01. The molecule has 0 aliphatic heterocycles. The summed E-state index contributed by atoms with van der Waals surface area (Å²) in [5.74, 6) is 0.560. The van der Waals surface area contributed by atoms with Crippen LogP contribution in [0.1, 0.15) is 51.0 Å². The van der Waals surface area contributed by atoms with Gasteiger partial charge in [0.1, 0.15) is 5.75 Å². The molecule has 0 saturated heterocycles. The number of benzene rings is 1. The molecule has 0 aromatic heterocycles. The molecule has 0 heterocycles. The Hall–Kier alpha value is -0.410. The normalized spacial score (nSPS) is 13.9. The zero-order valence-corrected chi connectivity index (χ0v) is 14.1. The number of rotatable bonds is 10. The highest BCUT2D eigenvalue weighted by Crippen LogP contribution is 2.44. The lowest BCUT2D eigenvalue weighted by Crippen LogP contribution is -1.99. The Morgan fingerprint density at radius 2 is 1.65 bits per heavy atom. The smallest absolute Gasteiger partial charge is 0.377 e. The van der Waals surface area contributed by atoms with Crippen LogP contribution in [-0.2, 0) is 16.3 Å². The molecule has 0 radical (unpaired) electrons. The van der Waals surface area contributed by atoms with Crippen molar-refractivity contribution >= 4 is 18.5 Å². The lowest BCUT2D eigenvalue weighted by atomic mass is 10.1. The van der Waals surface area contributed by atoms with Crippen molar-refractivity contribution in [1.82, 2.24) is 0 Å². The number of aryl methyl sites for hydroxylation is 1. The molecular formula is C15H25O3PS. The molecule has 0 bridgehead atoms. The summed E-state index contributed by atoms with van der Waals surface area (Å²) in [5, 5.41) is 0. The molecule has 0 amide bonds. The van der Waals surface area contributed by atoms with E-state index in [9.17, 15) is 4.89 Å². The first-order valence-electron chi connectivity index (χ1n) is 7.27. The van der Waals surface area contributed by atoms with Crippen LogP contribution in [0.2, 0.25) is 0 Å². The summed E-state index contributed by atoms with van der Waals surface area (Å²) in [6.07, 6.45) is 7.04. The van der Waals surface area contributed by atoms with E-state index >= 15 is 0 Å². The first-order valence-corrected chi connectivity index (χ1v) is 9.86. The third-order valence-corrected chi connectivity index (χ3v) is 4.48. The molecule has 0 fully saturated rings. The van der Waals surface area contributed by atoms with E-state index in [-0.39, 0.29) is 0 Å². The van der Waals surface area contributed by atoms with Crippen LogP contribution < -0.4 is 4.52 Å². The molecule has 1 rings (SSSR count). The summed E-state index contributed by atoms with van der Waals surface area (Å²) in [4.78, 5) is 9.96. The van der Waals surface area contributed by atoms with Gasteiger partial charge in [-0.2, -0.15) is 0 Å². The van der Waals surface area contributed by atoms with Crippen LogP contribution in [0.25, 0.3) is 0 Å². The molecule has 3 nitrogen and oxygen atoms in total. The average Bonchev–Trinajstić information content (AvgIpc) is 2.40. The van der Waals surface area contributed by atoms with Crippen molar-refractivity contribution in [1.29, 1.82) is 0 Å². The van der Waals surface area contributed by atoms with Crippen molar-refractivity contribution in [3.63, 3.8) is 0 Å². The van der Waals surface area contributed by atoms with Gasteiger partial charge in [0.15, 0.2) is 0 Å². The van der Waals surface area contributed by atoms with E-state index in [0.29, 0.717) is 12.4 Å². The van der Waals surface area contributed by atoms with Crippen LogP contribution in [0, 0.1) is 6.92 Å². The van der Waals surface area contributed by atoms with Crippen molar-refractivity contribution in [2.24, 2.45) is 0 Å². The van der Waals surface area contributed by atoms with Gasteiger partial charge in [-0.25, -0.2) is 0 Å². The van der Waals surface area contributed by atoms with E-state index in [0.717, 1.165) is 18.4 Å². The maximum atomic E-state index is 9.96. The lowest BCUT2D eigenvalue weighted by molar-refractivity contribution is 0.250. The highest BCUT2D eigenvalue weighted by molar-refractivity contribution is 8.07. The van der Waals surface area contributed by atoms with Gasteiger partial charge >= 0.3 is 6.72 Å². The van der Waals surface area contributed by atoms with Crippen LogP contribution in [0.4, 0.5) is 0 Å². The molecule has 1 unspecified atom stereocenters. The Morgan fingerprint density at radius 1 is 1.05 bits per heavy atom. The minimum atomic E-state index is -3.16. The van der Waals surface area contributed by atoms with Crippen molar-refractivity contribution in [2.45, 2.75) is 52.4 Å². The number of hydrogen-bond acceptors (Lipinski definition) is 3. The second kappa shape index (κ2) is 9.51. The molecule has 114 valence electrons. The van der Waals surface area contributed by atoms with Gasteiger partial charge < -0.3 is 9.42 Å². The monoisotopic (exact) mass is 316 g/mol. The minimum Gasteiger partial charge on any atom is -0.424 e. The van der Waals surface area contributed by atoms with Gasteiger partial charge in [0.25, 0.3) is 0 Å². The molecule has 20 heavy (non-hydrogen) atoms. The maximum absolute atomic E-state index is 9.96. The quantitative estimate of drug-likeness (QED) is 0.489. The summed E-state index contributed by atoms with van der Waals surface area (Å²) < 4.78 is 10.7. The van der Waals surface area contributed by atoms with Gasteiger partial charge in [-0.1, -0.05) is 56.7 Å². The predicted octanol–water partition coefficient (Wildman–Crippen LogP) is 4.97. The summed E-state index contributed by atoms with van der Waals surface area (Å²) in [6, 6.07) is 7.41. The highest BCUT2D eigenvalue weighted by Gasteiger charge is 2.16. The van der Waals surface area contributed by atoms with Crippen molar-refractivity contribution in [2.75, 3.05) is 6.61 Å². The molecule has 0 saturated carbocycles. The van der Waals surface area contributed by atoms with E-state index < -0.39 is 6.72 Å². The Labute approximate surface area is 127 Å². The van der Waals surface area contributed by atoms with Crippen molar-refractivity contribution < 1.29 is 13.9 Å². The van der Waals surface area contributed by atoms with E-state index in [2.05, 4.69) is 6.92 Å². The first kappa shape index (κ1) is 17.6. The summed E-state index contributed by atoms with van der Waals surface area (Å²) >= 11 is 5.00. The SMILES string of the molecule is CCCCCCCCOP(O)(=S)Oc1ccc(C)cc1. The van der Waals surface area contributed by atoms with Crippen LogP contribution in [0.15, 0.2) is 24.3 Å². The largest absolute Gasteiger partial charge is 0.424 e. The Morgan fingerprint density at radius 3 is 2.30 bits per heavy atom. The maximum Gasteiger partial charge on any atom is 0.377 e. The molecule has 0 spiro atoms. The minimum absolute atomic E-state index is 0.464.